The molecule has 2 aromatic carbocycles. The van der Waals surface area contributed by atoms with Crippen LogP contribution in [0.3, 0.4) is 0 Å². The lowest BCUT2D eigenvalue weighted by atomic mass is 10.1. The number of carbonyl (C=O) groups is 1. The fourth-order valence-electron chi connectivity index (χ4n) is 2.00. The van der Waals surface area contributed by atoms with Crippen LogP contribution in [0.25, 0.3) is 0 Å². The zero-order valence-corrected chi connectivity index (χ0v) is 15.0. The van der Waals surface area contributed by atoms with Gasteiger partial charge in [-0.25, -0.2) is 0 Å². The quantitative estimate of drug-likeness (QED) is 0.528. The average Bonchev–Trinajstić information content (AvgIpc) is 2.50. The second-order valence-corrected chi connectivity index (χ2v) is 6.57. The Morgan fingerprint density at radius 2 is 1.95 bits per heavy atom. The molecule has 0 bridgehead atoms. The molecule has 21 heavy (non-hydrogen) atoms. The van der Waals surface area contributed by atoms with Gasteiger partial charge in [-0.2, -0.15) is 0 Å². The van der Waals surface area contributed by atoms with Gasteiger partial charge in [-0.1, -0.05) is 46.3 Å². The summed E-state index contributed by atoms with van der Waals surface area (Å²) in [5, 5.41) is 13.4. The van der Waals surface area contributed by atoms with Crippen LogP contribution in [0.1, 0.15) is 15.9 Å². The van der Waals surface area contributed by atoms with E-state index in [1.807, 2.05) is 30.3 Å². The standard InChI is InChI=1S/C16H15BrINO2/c17-10-13(8-11-4-2-1-3-5-11)19-16(21)14-9-12(18)6-7-15(14)20/h1-7,9,13,20H,8,10H2,(H,19,21). The van der Waals surface area contributed by atoms with E-state index in [2.05, 4.69) is 43.8 Å². The Morgan fingerprint density at radius 3 is 2.62 bits per heavy atom. The number of phenolic OH excluding ortho intramolecular Hbond substituents is 1. The minimum Gasteiger partial charge on any atom is -0.507 e. The van der Waals surface area contributed by atoms with Gasteiger partial charge in [0.25, 0.3) is 5.91 Å². The molecule has 0 aromatic heterocycles. The lowest BCUT2D eigenvalue weighted by Crippen LogP contribution is -2.37. The monoisotopic (exact) mass is 459 g/mol. The summed E-state index contributed by atoms with van der Waals surface area (Å²) in [6.45, 7) is 0. The highest BCUT2D eigenvalue weighted by molar-refractivity contribution is 14.1. The van der Waals surface area contributed by atoms with Gasteiger partial charge in [0.15, 0.2) is 0 Å². The molecule has 0 spiro atoms. The molecule has 0 aliphatic heterocycles. The predicted octanol–water partition coefficient (Wildman–Crippen LogP) is 3.73. The lowest BCUT2D eigenvalue weighted by molar-refractivity contribution is 0.0938. The molecule has 2 rings (SSSR count). The molecule has 1 amide bonds. The fraction of sp³-hybridized carbons (Fsp3) is 0.188. The van der Waals surface area contributed by atoms with E-state index < -0.39 is 0 Å². The maximum Gasteiger partial charge on any atom is 0.255 e. The van der Waals surface area contributed by atoms with Gasteiger partial charge < -0.3 is 10.4 Å². The number of hydrogen-bond donors (Lipinski definition) is 2. The Bertz CT molecular complexity index is 619. The summed E-state index contributed by atoms with van der Waals surface area (Å²) in [6.07, 6.45) is 0.739. The first-order valence-electron chi connectivity index (χ1n) is 6.49. The van der Waals surface area contributed by atoms with Gasteiger partial charge in [-0.3, -0.25) is 4.79 Å². The van der Waals surface area contributed by atoms with Gasteiger partial charge in [0, 0.05) is 14.9 Å². The Labute approximate surface area is 146 Å². The number of phenols is 1. The third-order valence-corrected chi connectivity index (χ3v) is 4.50. The number of hydrogen-bond acceptors (Lipinski definition) is 2. The number of nitrogens with one attached hydrogen (secondary N) is 1. The van der Waals surface area contributed by atoms with E-state index in [1.165, 1.54) is 6.07 Å². The minimum atomic E-state index is -0.258. The minimum absolute atomic E-state index is 0.000879. The number of benzene rings is 2. The second kappa shape index (κ2) is 7.79. The normalized spacial score (nSPS) is 11.9. The van der Waals surface area contributed by atoms with Crippen LogP contribution in [0.2, 0.25) is 0 Å². The van der Waals surface area contributed by atoms with E-state index in [0.29, 0.717) is 10.9 Å². The summed E-state index contributed by atoms with van der Waals surface area (Å²) in [7, 11) is 0. The molecule has 0 aliphatic carbocycles. The molecule has 0 saturated carbocycles. The summed E-state index contributed by atoms with van der Waals surface area (Å²) in [4.78, 5) is 12.3. The number of rotatable bonds is 5. The van der Waals surface area contributed by atoms with Crippen LogP contribution in [0.5, 0.6) is 5.75 Å². The van der Waals surface area contributed by atoms with Gasteiger partial charge in [0.1, 0.15) is 5.75 Å². The number of carbonyl (C=O) groups excluding carboxylic acids is 1. The molecular formula is C16H15BrINO2. The number of halogens is 2. The van der Waals surface area contributed by atoms with Crippen LogP contribution in [0, 0.1) is 3.57 Å². The Hall–Kier alpha value is -1.08. The summed E-state index contributed by atoms with van der Waals surface area (Å²) in [5.74, 6) is -0.257. The van der Waals surface area contributed by atoms with Crippen molar-refractivity contribution in [2.24, 2.45) is 0 Å². The number of alkyl halides is 1. The lowest BCUT2D eigenvalue weighted by Gasteiger charge is -2.17. The fourth-order valence-corrected chi connectivity index (χ4v) is 2.88. The third kappa shape index (κ3) is 4.71. The molecule has 2 N–H and O–H groups in total. The van der Waals surface area contributed by atoms with E-state index in [4.69, 9.17) is 0 Å². The Balaban J connectivity index is 2.07. The first-order chi connectivity index (χ1) is 10.1. The maximum atomic E-state index is 12.3. The summed E-state index contributed by atoms with van der Waals surface area (Å²) >= 11 is 5.55. The third-order valence-electron chi connectivity index (χ3n) is 3.05. The zero-order valence-electron chi connectivity index (χ0n) is 11.2. The van der Waals surface area contributed by atoms with E-state index in [0.717, 1.165) is 15.6 Å². The highest BCUT2D eigenvalue weighted by Crippen LogP contribution is 2.20. The number of amides is 1. The molecule has 0 aliphatic rings. The van der Waals surface area contributed by atoms with Gasteiger partial charge in [0.2, 0.25) is 0 Å². The van der Waals surface area contributed by atoms with Crippen molar-refractivity contribution >= 4 is 44.4 Å². The molecule has 1 unspecified atom stereocenters. The van der Waals surface area contributed by atoms with Crippen LogP contribution in [0.15, 0.2) is 48.5 Å². The van der Waals surface area contributed by atoms with E-state index in [-0.39, 0.29) is 17.7 Å². The topological polar surface area (TPSA) is 49.3 Å². The van der Waals surface area contributed by atoms with Crippen LogP contribution in [0.4, 0.5) is 0 Å². The molecular weight excluding hydrogens is 445 g/mol. The van der Waals surface area contributed by atoms with Gasteiger partial charge in [-0.15, -0.1) is 0 Å². The van der Waals surface area contributed by atoms with Crippen molar-refractivity contribution in [3.05, 3.63) is 63.2 Å². The van der Waals surface area contributed by atoms with Crippen LogP contribution >= 0.6 is 38.5 Å². The van der Waals surface area contributed by atoms with E-state index in [1.54, 1.807) is 12.1 Å². The van der Waals surface area contributed by atoms with Crippen molar-refractivity contribution in [2.75, 3.05) is 5.33 Å². The number of aromatic hydroxyl groups is 1. The van der Waals surface area contributed by atoms with Crippen molar-refractivity contribution < 1.29 is 9.90 Å². The SMILES string of the molecule is O=C(NC(CBr)Cc1ccccc1)c1cc(I)ccc1O. The van der Waals surface area contributed by atoms with Crippen molar-refractivity contribution in [1.82, 2.24) is 5.32 Å². The Kier molecular flexibility index (Phi) is 6.05. The van der Waals surface area contributed by atoms with E-state index >= 15 is 0 Å². The first-order valence-corrected chi connectivity index (χ1v) is 8.69. The summed E-state index contributed by atoms with van der Waals surface area (Å²) in [5.41, 5.74) is 1.47. The van der Waals surface area contributed by atoms with Crippen molar-refractivity contribution in [2.45, 2.75) is 12.5 Å². The average molecular weight is 460 g/mol. The van der Waals surface area contributed by atoms with Crippen LogP contribution < -0.4 is 5.32 Å². The molecule has 0 heterocycles. The predicted molar refractivity (Wildman–Crippen MR) is 96.0 cm³/mol. The molecule has 2 aromatic rings. The van der Waals surface area contributed by atoms with Crippen LogP contribution in [-0.4, -0.2) is 22.4 Å². The Morgan fingerprint density at radius 1 is 1.24 bits per heavy atom. The highest BCUT2D eigenvalue weighted by Gasteiger charge is 2.16. The zero-order chi connectivity index (χ0) is 15.2. The van der Waals surface area contributed by atoms with Crippen molar-refractivity contribution in [1.29, 1.82) is 0 Å². The molecule has 1 atom stereocenters. The van der Waals surface area contributed by atoms with Gasteiger partial charge >= 0.3 is 0 Å². The summed E-state index contributed by atoms with van der Waals surface area (Å²) in [6, 6.07) is 14.9. The first kappa shape index (κ1) is 16.3. The largest absolute Gasteiger partial charge is 0.507 e. The van der Waals surface area contributed by atoms with Gasteiger partial charge in [-0.05, 0) is 52.8 Å². The maximum absolute atomic E-state index is 12.3. The highest BCUT2D eigenvalue weighted by atomic mass is 127. The van der Waals surface area contributed by atoms with Crippen molar-refractivity contribution in [3.63, 3.8) is 0 Å². The molecule has 0 radical (unpaired) electrons. The smallest absolute Gasteiger partial charge is 0.255 e. The van der Waals surface area contributed by atoms with Crippen LogP contribution in [-0.2, 0) is 6.42 Å². The second-order valence-electron chi connectivity index (χ2n) is 4.68. The molecule has 3 nitrogen and oxygen atoms in total. The van der Waals surface area contributed by atoms with Crippen molar-refractivity contribution in [3.8, 4) is 5.75 Å². The van der Waals surface area contributed by atoms with E-state index in [9.17, 15) is 9.90 Å². The molecule has 110 valence electrons. The van der Waals surface area contributed by atoms with Gasteiger partial charge in [0.05, 0.1) is 5.56 Å². The molecule has 0 saturated heterocycles. The molecule has 5 heteroatoms. The summed E-state index contributed by atoms with van der Waals surface area (Å²) < 4.78 is 0.911. The molecule has 0 fully saturated rings.